The quantitative estimate of drug-likeness (QED) is 0.267. The fourth-order valence-corrected chi connectivity index (χ4v) is 4.65. The number of hydrogen-bond donors (Lipinski definition) is 1. The van der Waals surface area contributed by atoms with Gasteiger partial charge in [0, 0.05) is 17.0 Å². The molecule has 1 aromatic carbocycles. The van der Waals surface area contributed by atoms with Crippen LogP contribution in [-0.4, -0.2) is 46.6 Å². The summed E-state index contributed by atoms with van der Waals surface area (Å²) in [5.74, 6) is 0.815. The van der Waals surface area contributed by atoms with Crippen molar-refractivity contribution in [2.45, 2.75) is 25.0 Å². The lowest BCUT2D eigenvalue weighted by Gasteiger charge is -2.09. The van der Waals surface area contributed by atoms with Crippen LogP contribution in [0.3, 0.4) is 0 Å². The van der Waals surface area contributed by atoms with Crippen molar-refractivity contribution in [3.05, 3.63) is 53.4 Å². The van der Waals surface area contributed by atoms with Crippen LogP contribution in [0.1, 0.15) is 22.2 Å². The highest BCUT2D eigenvalue weighted by Gasteiger charge is 2.19. The summed E-state index contributed by atoms with van der Waals surface area (Å²) in [5.41, 5.74) is 1.24. The number of ether oxygens (including phenoxy) is 2. The summed E-state index contributed by atoms with van der Waals surface area (Å²) < 4.78 is 11.9. The van der Waals surface area contributed by atoms with Crippen molar-refractivity contribution in [3.8, 4) is 17.1 Å². The molecule has 3 rings (SSSR count). The minimum atomic E-state index is -0.473. The van der Waals surface area contributed by atoms with Crippen LogP contribution in [0, 0.1) is 0 Å². The standard InChI is InChI=1S/C22H24N4O4S2/c1-5-11-26-19(14-7-9-15(29-3)10-8-14)24-25-22(26)31-13-18(27)23-20-17(21(28)30-4)12-16(6-2)32-20/h5,7-10,12H,1,6,11,13H2,2-4H3,(H,23,27). The molecule has 0 saturated carbocycles. The number of allylic oxidation sites excluding steroid dienone is 1. The van der Waals surface area contributed by atoms with Gasteiger partial charge in [-0.1, -0.05) is 24.8 Å². The summed E-state index contributed by atoms with van der Waals surface area (Å²) in [6, 6.07) is 9.27. The van der Waals surface area contributed by atoms with Crippen molar-refractivity contribution in [2.24, 2.45) is 0 Å². The molecule has 1 amide bonds. The molecule has 0 fully saturated rings. The fraction of sp³-hybridized carbons (Fsp3) is 0.273. The Morgan fingerprint density at radius 3 is 2.62 bits per heavy atom. The van der Waals surface area contributed by atoms with Gasteiger partial charge in [0.25, 0.3) is 0 Å². The van der Waals surface area contributed by atoms with Crippen LogP contribution in [0.15, 0.2) is 48.1 Å². The van der Waals surface area contributed by atoms with Crippen LogP contribution in [0.25, 0.3) is 11.4 Å². The number of carbonyl (C=O) groups excluding carboxylic acids is 2. The molecule has 168 valence electrons. The molecule has 2 aromatic heterocycles. The molecule has 0 aliphatic rings. The number of anilines is 1. The minimum Gasteiger partial charge on any atom is -0.497 e. The average molecular weight is 473 g/mol. The Hall–Kier alpha value is -3.11. The van der Waals surface area contributed by atoms with Crippen molar-refractivity contribution >= 4 is 40.0 Å². The van der Waals surface area contributed by atoms with E-state index in [1.165, 1.54) is 30.2 Å². The Morgan fingerprint density at radius 1 is 1.25 bits per heavy atom. The van der Waals surface area contributed by atoms with Crippen molar-refractivity contribution in [2.75, 3.05) is 25.3 Å². The molecular weight excluding hydrogens is 448 g/mol. The van der Waals surface area contributed by atoms with E-state index in [9.17, 15) is 9.59 Å². The molecular formula is C22H24N4O4S2. The van der Waals surface area contributed by atoms with Crippen molar-refractivity contribution in [1.29, 1.82) is 0 Å². The first-order valence-electron chi connectivity index (χ1n) is 9.82. The summed E-state index contributed by atoms with van der Waals surface area (Å²) >= 11 is 2.63. The summed E-state index contributed by atoms with van der Waals surface area (Å²) in [6.07, 6.45) is 2.51. The molecule has 0 atom stereocenters. The van der Waals surface area contributed by atoms with Gasteiger partial charge >= 0.3 is 5.97 Å². The summed E-state index contributed by atoms with van der Waals surface area (Å²) in [7, 11) is 2.93. The molecule has 0 bridgehead atoms. The van der Waals surface area contributed by atoms with E-state index in [0.717, 1.165) is 22.6 Å². The van der Waals surface area contributed by atoms with Gasteiger partial charge in [-0.2, -0.15) is 0 Å². The number of nitrogens with one attached hydrogen (secondary N) is 1. The minimum absolute atomic E-state index is 0.109. The number of esters is 1. The molecule has 2 heterocycles. The van der Waals surface area contributed by atoms with E-state index in [1.807, 2.05) is 35.8 Å². The second kappa shape index (κ2) is 11.0. The highest BCUT2D eigenvalue weighted by atomic mass is 32.2. The van der Waals surface area contributed by atoms with Gasteiger partial charge in [0.2, 0.25) is 5.91 Å². The van der Waals surface area contributed by atoms with E-state index in [2.05, 4.69) is 22.1 Å². The number of nitrogens with zero attached hydrogens (tertiary/aromatic N) is 3. The largest absolute Gasteiger partial charge is 0.497 e. The van der Waals surface area contributed by atoms with E-state index in [-0.39, 0.29) is 11.7 Å². The van der Waals surface area contributed by atoms with Gasteiger partial charge in [-0.3, -0.25) is 9.36 Å². The molecule has 0 spiro atoms. The van der Waals surface area contributed by atoms with Gasteiger partial charge in [0.05, 0.1) is 25.5 Å². The maximum atomic E-state index is 12.6. The number of thioether (sulfide) groups is 1. The van der Waals surface area contributed by atoms with E-state index in [4.69, 9.17) is 9.47 Å². The Kier molecular flexibility index (Phi) is 8.07. The number of methoxy groups -OCH3 is 2. The molecule has 3 aromatic rings. The molecule has 0 radical (unpaired) electrons. The van der Waals surface area contributed by atoms with E-state index >= 15 is 0 Å². The van der Waals surface area contributed by atoms with Crippen molar-refractivity contribution < 1.29 is 19.1 Å². The lowest BCUT2D eigenvalue weighted by molar-refractivity contribution is -0.113. The molecule has 8 nitrogen and oxygen atoms in total. The van der Waals surface area contributed by atoms with Crippen LogP contribution in [0.2, 0.25) is 0 Å². The zero-order valence-electron chi connectivity index (χ0n) is 18.1. The Bertz CT molecular complexity index is 1110. The maximum Gasteiger partial charge on any atom is 0.340 e. The van der Waals surface area contributed by atoms with Crippen LogP contribution in [0.4, 0.5) is 5.00 Å². The lowest BCUT2D eigenvalue weighted by Crippen LogP contribution is -2.16. The summed E-state index contributed by atoms with van der Waals surface area (Å²) in [5, 5.41) is 12.5. The van der Waals surface area contributed by atoms with Gasteiger partial charge < -0.3 is 14.8 Å². The Morgan fingerprint density at radius 2 is 2.00 bits per heavy atom. The van der Waals surface area contributed by atoms with E-state index < -0.39 is 5.97 Å². The van der Waals surface area contributed by atoms with Gasteiger partial charge in [0.15, 0.2) is 11.0 Å². The summed E-state index contributed by atoms with van der Waals surface area (Å²) in [6.45, 7) is 6.29. The average Bonchev–Trinajstić information content (AvgIpc) is 3.41. The predicted octanol–water partition coefficient (Wildman–Crippen LogP) is 4.28. The number of aromatic nitrogens is 3. The molecule has 0 aliphatic carbocycles. The first-order valence-corrected chi connectivity index (χ1v) is 11.6. The molecule has 0 saturated heterocycles. The van der Waals surface area contributed by atoms with Crippen LogP contribution in [0.5, 0.6) is 5.75 Å². The molecule has 0 aliphatic heterocycles. The first-order chi connectivity index (χ1) is 15.5. The number of amides is 1. The highest BCUT2D eigenvalue weighted by molar-refractivity contribution is 7.99. The van der Waals surface area contributed by atoms with Crippen molar-refractivity contribution in [1.82, 2.24) is 14.8 Å². The third kappa shape index (κ3) is 5.38. The van der Waals surface area contributed by atoms with Crippen LogP contribution < -0.4 is 10.1 Å². The van der Waals surface area contributed by atoms with E-state index in [0.29, 0.717) is 28.1 Å². The van der Waals surface area contributed by atoms with Gasteiger partial charge in [0.1, 0.15) is 10.8 Å². The number of benzene rings is 1. The molecule has 32 heavy (non-hydrogen) atoms. The predicted molar refractivity (Wildman–Crippen MR) is 127 cm³/mol. The maximum absolute atomic E-state index is 12.6. The zero-order chi connectivity index (χ0) is 23.1. The number of carbonyl (C=O) groups is 2. The van der Waals surface area contributed by atoms with Gasteiger partial charge in [-0.05, 0) is 36.8 Å². The monoisotopic (exact) mass is 472 g/mol. The van der Waals surface area contributed by atoms with Crippen LogP contribution in [-0.2, 0) is 22.5 Å². The smallest absolute Gasteiger partial charge is 0.340 e. The third-order valence-corrected chi connectivity index (χ3v) is 6.66. The number of hydrogen-bond acceptors (Lipinski definition) is 8. The van der Waals surface area contributed by atoms with Gasteiger partial charge in [-0.15, -0.1) is 28.1 Å². The Labute approximate surface area is 194 Å². The number of aryl methyl sites for hydroxylation is 1. The topological polar surface area (TPSA) is 95.3 Å². The molecule has 0 unspecified atom stereocenters. The molecule has 1 N–H and O–H groups in total. The highest BCUT2D eigenvalue weighted by Crippen LogP contribution is 2.30. The fourth-order valence-electron chi connectivity index (χ4n) is 2.91. The number of rotatable bonds is 10. The van der Waals surface area contributed by atoms with Crippen molar-refractivity contribution in [3.63, 3.8) is 0 Å². The second-order valence-electron chi connectivity index (χ2n) is 6.57. The second-order valence-corrected chi connectivity index (χ2v) is 8.65. The summed E-state index contributed by atoms with van der Waals surface area (Å²) in [4.78, 5) is 25.6. The van der Waals surface area contributed by atoms with Crippen LogP contribution >= 0.6 is 23.1 Å². The first kappa shape index (κ1) is 23.6. The Balaban J connectivity index is 1.73. The molecule has 10 heteroatoms. The lowest BCUT2D eigenvalue weighted by atomic mass is 10.2. The zero-order valence-corrected chi connectivity index (χ0v) is 19.7. The van der Waals surface area contributed by atoms with E-state index in [1.54, 1.807) is 19.3 Å². The normalized spacial score (nSPS) is 10.6. The number of thiophene rings is 1. The SMILES string of the molecule is C=CCn1c(SCC(=O)Nc2sc(CC)cc2C(=O)OC)nnc1-c1ccc(OC)cc1. The third-order valence-electron chi connectivity index (χ3n) is 4.50. The van der Waals surface area contributed by atoms with Gasteiger partial charge in [-0.25, -0.2) is 4.79 Å².